The van der Waals surface area contributed by atoms with Crippen LogP contribution in [0.1, 0.15) is 95.1 Å². The topological polar surface area (TPSA) is 35.5 Å². The number of ether oxygens (including phenoxy) is 2. The summed E-state index contributed by atoms with van der Waals surface area (Å²) in [5.41, 5.74) is 2.54. The largest absolute Gasteiger partial charge is 0.493 e. The Morgan fingerprint density at radius 1 is 0.703 bits per heavy atom. The average molecular weight is 511 g/mol. The Kier molecular flexibility index (Phi) is 15.7. The van der Waals surface area contributed by atoms with Crippen molar-refractivity contribution in [3.8, 4) is 5.75 Å². The molecule has 0 radical (unpaired) electrons. The van der Waals surface area contributed by atoms with Gasteiger partial charge in [0.25, 0.3) is 0 Å². The smallest absolute Gasteiger partial charge is 0.361 e. The minimum atomic E-state index is -0.135. The van der Waals surface area contributed by atoms with E-state index in [-0.39, 0.29) is 5.97 Å². The van der Waals surface area contributed by atoms with Crippen molar-refractivity contribution in [2.75, 3.05) is 33.9 Å². The highest BCUT2D eigenvalue weighted by molar-refractivity contribution is 5.70. The second kappa shape index (κ2) is 18.8. The third-order valence-electron chi connectivity index (χ3n) is 6.84. The molecule has 37 heavy (non-hydrogen) atoms. The lowest BCUT2D eigenvalue weighted by Crippen LogP contribution is -2.43. The minimum Gasteiger partial charge on any atom is -0.493 e. The second-order valence-electron chi connectivity index (χ2n) is 11.1. The number of aryl methyl sites for hydroxylation is 1. The van der Waals surface area contributed by atoms with E-state index < -0.39 is 0 Å². The molecule has 0 N–H and O–H groups in total. The first kappa shape index (κ1) is 30.9. The summed E-state index contributed by atoms with van der Waals surface area (Å²) in [6.07, 6.45) is 16.4. The number of rotatable bonds is 21. The van der Waals surface area contributed by atoms with E-state index in [0.29, 0.717) is 24.2 Å². The van der Waals surface area contributed by atoms with Crippen molar-refractivity contribution in [1.82, 2.24) is 0 Å². The van der Waals surface area contributed by atoms with E-state index in [0.717, 1.165) is 31.6 Å². The molecule has 0 aliphatic rings. The molecule has 206 valence electrons. The number of unbranched alkanes of at least 4 members (excludes halogenated alkanes) is 10. The van der Waals surface area contributed by atoms with E-state index in [2.05, 4.69) is 57.4 Å². The Balaban J connectivity index is 1.54. The summed E-state index contributed by atoms with van der Waals surface area (Å²) in [7, 11) is 4.13. The van der Waals surface area contributed by atoms with Gasteiger partial charge in [-0.2, -0.15) is 0 Å². The van der Waals surface area contributed by atoms with E-state index in [4.69, 9.17) is 9.47 Å². The molecule has 0 spiro atoms. The number of carbonyl (C=O) groups is 1. The summed E-state index contributed by atoms with van der Waals surface area (Å²) >= 11 is 0. The molecule has 0 fully saturated rings. The highest BCUT2D eigenvalue weighted by Crippen LogP contribution is 2.21. The highest BCUT2D eigenvalue weighted by atomic mass is 16.5. The lowest BCUT2D eigenvalue weighted by atomic mass is 10.0. The normalized spacial score (nSPS) is 11.4. The molecule has 0 aliphatic carbocycles. The van der Waals surface area contributed by atoms with Crippen LogP contribution in [0.2, 0.25) is 0 Å². The van der Waals surface area contributed by atoms with Crippen LogP contribution in [-0.4, -0.2) is 44.3 Å². The maximum atomic E-state index is 12.3. The molecule has 0 heterocycles. The van der Waals surface area contributed by atoms with Gasteiger partial charge in [0.1, 0.15) is 12.3 Å². The van der Waals surface area contributed by atoms with Gasteiger partial charge in [0, 0.05) is 5.56 Å². The molecule has 0 amide bonds. The molecule has 0 saturated heterocycles. The van der Waals surface area contributed by atoms with E-state index in [1.165, 1.54) is 75.3 Å². The third kappa shape index (κ3) is 14.9. The zero-order chi connectivity index (χ0) is 26.6. The first-order valence-electron chi connectivity index (χ1n) is 14.7. The molecule has 0 saturated carbocycles. The summed E-state index contributed by atoms with van der Waals surface area (Å²) in [5.74, 6) is 0.874. The van der Waals surface area contributed by atoms with Gasteiger partial charge in [0.05, 0.1) is 27.3 Å². The number of esters is 1. The molecule has 0 atom stereocenters. The third-order valence-corrected chi connectivity index (χ3v) is 6.84. The van der Waals surface area contributed by atoms with Gasteiger partial charge in [0.15, 0.2) is 6.54 Å². The molecule has 2 aromatic rings. The van der Waals surface area contributed by atoms with Gasteiger partial charge in [-0.25, -0.2) is 4.79 Å². The number of nitrogens with zero attached hydrogens (tertiary/aromatic N) is 1. The molecular weight excluding hydrogens is 458 g/mol. The lowest BCUT2D eigenvalue weighted by molar-refractivity contribution is -0.896. The average Bonchev–Trinajstić information content (AvgIpc) is 2.88. The van der Waals surface area contributed by atoms with Crippen LogP contribution in [0.3, 0.4) is 0 Å². The van der Waals surface area contributed by atoms with Crippen LogP contribution in [0.5, 0.6) is 5.75 Å². The van der Waals surface area contributed by atoms with Crippen molar-refractivity contribution >= 4 is 5.97 Å². The van der Waals surface area contributed by atoms with Crippen LogP contribution in [0, 0.1) is 0 Å². The van der Waals surface area contributed by atoms with Crippen LogP contribution < -0.4 is 4.74 Å². The number of hydrogen-bond donors (Lipinski definition) is 0. The number of quaternary nitrogens is 1. The quantitative estimate of drug-likeness (QED) is 0.0966. The highest BCUT2D eigenvalue weighted by Gasteiger charge is 2.21. The van der Waals surface area contributed by atoms with E-state index >= 15 is 0 Å². The monoisotopic (exact) mass is 510 g/mol. The fraction of sp³-hybridized carbons (Fsp3) is 0.606. The van der Waals surface area contributed by atoms with Crippen molar-refractivity contribution in [2.45, 2.75) is 96.9 Å². The Morgan fingerprint density at radius 2 is 1.30 bits per heavy atom. The number of hydrogen-bond acceptors (Lipinski definition) is 3. The van der Waals surface area contributed by atoms with Gasteiger partial charge >= 0.3 is 5.97 Å². The molecule has 0 unspecified atom stereocenters. The number of benzene rings is 2. The second-order valence-corrected chi connectivity index (χ2v) is 11.1. The van der Waals surface area contributed by atoms with Gasteiger partial charge in [-0.3, -0.25) is 0 Å². The van der Waals surface area contributed by atoms with Gasteiger partial charge < -0.3 is 14.0 Å². The first-order valence-corrected chi connectivity index (χ1v) is 14.7. The lowest BCUT2D eigenvalue weighted by Gasteiger charge is -2.28. The SMILES string of the molecule is CCCCCCCCCCCCc1ccccc1OCCCCOC(=O)C[N+](C)(C)Cc1ccccc1. The number of likely N-dealkylation sites (N-methyl/N-ethyl adjacent to an activating group) is 1. The van der Waals surface area contributed by atoms with E-state index in [1.807, 2.05) is 18.2 Å². The molecule has 4 heteroatoms. The molecule has 0 aliphatic heterocycles. The minimum absolute atomic E-state index is 0.135. The zero-order valence-electron chi connectivity index (χ0n) is 23.9. The summed E-state index contributed by atoms with van der Waals surface area (Å²) in [5, 5.41) is 0. The van der Waals surface area contributed by atoms with Crippen LogP contribution in [-0.2, 0) is 22.5 Å². The molecule has 2 rings (SSSR count). The Labute approximate surface area is 227 Å². The summed E-state index contributed by atoms with van der Waals surface area (Å²) in [4.78, 5) is 12.3. The standard InChI is InChI=1S/C33H52NO3/c1-4-5-6-7-8-9-10-11-12-16-23-31-24-17-18-25-32(31)36-26-19-20-27-37-33(35)29-34(2,3)28-30-21-14-13-15-22-30/h13-15,17-18,21-22,24-25H,4-12,16,19-20,23,26-29H2,1-3H3/q+1. The predicted octanol–water partition coefficient (Wildman–Crippen LogP) is 8.13. The maximum absolute atomic E-state index is 12.3. The van der Waals surface area contributed by atoms with Crippen molar-refractivity contribution in [3.05, 3.63) is 65.7 Å². The van der Waals surface area contributed by atoms with Crippen LogP contribution in [0.15, 0.2) is 54.6 Å². The molecular formula is C33H52NO3+. The van der Waals surface area contributed by atoms with Gasteiger partial charge in [-0.1, -0.05) is 113 Å². The molecule has 0 bridgehead atoms. The Bertz CT molecular complexity index is 850. The zero-order valence-corrected chi connectivity index (χ0v) is 23.9. The Morgan fingerprint density at radius 3 is 2.00 bits per heavy atom. The summed E-state index contributed by atoms with van der Waals surface area (Å²) in [6.45, 7) is 4.56. The van der Waals surface area contributed by atoms with Gasteiger partial charge in [-0.15, -0.1) is 0 Å². The molecule has 2 aromatic carbocycles. The van der Waals surface area contributed by atoms with E-state index in [9.17, 15) is 4.79 Å². The van der Waals surface area contributed by atoms with Crippen molar-refractivity contribution in [1.29, 1.82) is 0 Å². The summed E-state index contributed by atoms with van der Waals surface area (Å²) < 4.78 is 12.2. The van der Waals surface area contributed by atoms with Crippen molar-refractivity contribution in [3.63, 3.8) is 0 Å². The predicted molar refractivity (Wildman–Crippen MR) is 155 cm³/mol. The van der Waals surface area contributed by atoms with Gasteiger partial charge in [-0.05, 0) is 37.3 Å². The fourth-order valence-electron chi connectivity index (χ4n) is 4.76. The summed E-state index contributed by atoms with van der Waals surface area (Å²) in [6, 6.07) is 18.7. The van der Waals surface area contributed by atoms with E-state index in [1.54, 1.807) is 0 Å². The maximum Gasteiger partial charge on any atom is 0.361 e. The first-order chi connectivity index (χ1) is 18.0. The number of carbonyl (C=O) groups excluding carboxylic acids is 1. The van der Waals surface area contributed by atoms with Gasteiger partial charge in [0.2, 0.25) is 0 Å². The Hall–Kier alpha value is -2.33. The van der Waals surface area contributed by atoms with Crippen LogP contribution in [0.4, 0.5) is 0 Å². The molecule has 0 aromatic heterocycles. The number of para-hydroxylation sites is 1. The van der Waals surface area contributed by atoms with Crippen molar-refractivity contribution < 1.29 is 18.8 Å². The fourth-order valence-corrected chi connectivity index (χ4v) is 4.76. The van der Waals surface area contributed by atoms with Crippen LogP contribution in [0.25, 0.3) is 0 Å². The molecule has 4 nitrogen and oxygen atoms in total. The van der Waals surface area contributed by atoms with Crippen LogP contribution >= 0.6 is 0 Å². The van der Waals surface area contributed by atoms with Crippen molar-refractivity contribution in [2.24, 2.45) is 0 Å².